The van der Waals surface area contributed by atoms with Crippen LogP contribution in [-0.4, -0.2) is 25.0 Å². The second kappa shape index (κ2) is 13.0. The first-order chi connectivity index (χ1) is 16.5. The number of nitrogens with zero attached hydrogens (tertiary/aromatic N) is 1. The van der Waals surface area contributed by atoms with Gasteiger partial charge in [0.25, 0.3) is 0 Å². The minimum Gasteiger partial charge on any atom is -0.457 e. The second-order valence-electron chi connectivity index (χ2n) is 8.16. The summed E-state index contributed by atoms with van der Waals surface area (Å²) < 4.78 is 5.87. The molecule has 0 aromatic heterocycles. The molecule has 0 atom stereocenters. The molecule has 0 spiro atoms. The maximum atomic E-state index is 13.1. The van der Waals surface area contributed by atoms with Gasteiger partial charge in [-0.25, -0.2) is 4.79 Å². The van der Waals surface area contributed by atoms with E-state index in [0.29, 0.717) is 31.7 Å². The van der Waals surface area contributed by atoms with Gasteiger partial charge in [0.1, 0.15) is 11.5 Å². The highest BCUT2D eigenvalue weighted by molar-refractivity contribution is 6.01. The molecule has 0 unspecified atom stereocenters. The summed E-state index contributed by atoms with van der Waals surface area (Å²) in [6.45, 7) is 5.05. The van der Waals surface area contributed by atoms with Gasteiger partial charge in [-0.15, -0.1) is 0 Å². The minimum absolute atomic E-state index is 0.0555. The molecule has 3 rings (SSSR count). The van der Waals surface area contributed by atoms with Crippen LogP contribution in [0.5, 0.6) is 11.5 Å². The van der Waals surface area contributed by atoms with Crippen LogP contribution in [0.4, 0.5) is 16.2 Å². The zero-order chi connectivity index (χ0) is 24.2. The Hall–Kier alpha value is -3.80. The van der Waals surface area contributed by atoms with Crippen LogP contribution in [0.25, 0.3) is 0 Å². The van der Waals surface area contributed by atoms with E-state index in [-0.39, 0.29) is 11.9 Å². The molecule has 3 aromatic carbocycles. The summed E-state index contributed by atoms with van der Waals surface area (Å²) in [4.78, 5) is 26.7. The average Bonchev–Trinajstić information content (AvgIpc) is 2.85. The van der Waals surface area contributed by atoms with Crippen LogP contribution in [0.15, 0.2) is 78.9 Å². The summed E-state index contributed by atoms with van der Waals surface area (Å²) >= 11 is 0. The van der Waals surface area contributed by atoms with E-state index in [9.17, 15) is 9.59 Å². The van der Waals surface area contributed by atoms with E-state index < -0.39 is 0 Å². The lowest BCUT2D eigenvalue weighted by Crippen LogP contribution is -2.37. The largest absolute Gasteiger partial charge is 0.457 e. The minimum atomic E-state index is -0.224. The molecule has 3 aromatic rings. The number of anilines is 2. The smallest absolute Gasteiger partial charge is 0.326 e. The van der Waals surface area contributed by atoms with E-state index >= 15 is 0 Å². The van der Waals surface area contributed by atoms with Crippen LogP contribution >= 0.6 is 0 Å². The van der Waals surface area contributed by atoms with Crippen LogP contribution in [0, 0.1) is 6.92 Å². The predicted molar refractivity (Wildman–Crippen MR) is 138 cm³/mol. The van der Waals surface area contributed by atoms with Gasteiger partial charge in [-0.05, 0) is 68.3 Å². The Morgan fingerprint density at radius 3 is 2.21 bits per heavy atom. The summed E-state index contributed by atoms with van der Waals surface area (Å²) in [5, 5.41) is 5.91. The van der Waals surface area contributed by atoms with Gasteiger partial charge in [-0.1, -0.05) is 49.2 Å². The monoisotopic (exact) mass is 459 g/mol. The molecule has 0 aliphatic rings. The third-order valence-electron chi connectivity index (χ3n) is 5.31. The lowest BCUT2D eigenvalue weighted by Gasteiger charge is -2.24. The Kier molecular flexibility index (Phi) is 9.52. The van der Waals surface area contributed by atoms with Gasteiger partial charge in [0, 0.05) is 30.9 Å². The van der Waals surface area contributed by atoms with Crippen LogP contribution in [0.1, 0.15) is 38.2 Å². The van der Waals surface area contributed by atoms with Crippen molar-refractivity contribution < 1.29 is 14.3 Å². The third-order valence-corrected chi connectivity index (χ3v) is 5.31. The SMILES string of the molecule is CCCCC(=O)NCCCN(C(=O)Nc1ccc(C)cc1)c1ccc(Oc2ccccc2)cc1. The summed E-state index contributed by atoms with van der Waals surface area (Å²) in [6, 6.07) is 24.5. The highest BCUT2D eigenvalue weighted by Gasteiger charge is 2.16. The number of benzene rings is 3. The molecule has 6 nitrogen and oxygen atoms in total. The Bertz CT molecular complexity index is 1030. The molecule has 2 N–H and O–H groups in total. The number of hydrogen-bond acceptors (Lipinski definition) is 3. The van der Waals surface area contributed by atoms with Gasteiger partial charge in [0.15, 0.2) is 0 Å². The number of urea groups is 1. The van der Waals surface area contributed by atoms with Gasteiger partial charge in [-0.3, -0.25) is 9.69 Å². The molecule has 0 saturated carbocycles. The number of rotatable bonds is 11. The van der Waals surface area contributed by atoms with Crippen molar-refractivity contribution in [2.75, 3.05) is 23.3 Å². The first-order valence-electron chi connectivity index (χ1n) is 11.8. The zero-order valence-electron chi connectivity index (χ0n) is 19.9. The van der Waals surface area contributed by atoms with E-state index in [1.807, 2.05) is 85.8 Å². The van der Waals surface area contributed by atoms with Gasteiger partial charge in [-0.2, -0.15) is 0 Å². The van der Waals surface area contributed by atoms with Crippen molar-refractivity contribution in [1.82, 2.24) is 5.32 Å². The van der Waals surface area contributed by atoms with Crippen molar-refractivity contribution in [3.8, 4) is 11.5 Å². The van der Waals surface area contributed by atoms with Crippen molar-refractivity contribution in [3.63, 3.8) is 0 Å². The normalized spacial score (nSPS) is 10.4. The molecule has 0 radical (unpaired) electrons. The zero-order valence-corrected chi connectivity index (χ0v) is 19.9. The summed E-state index contributed by atoms with van der Waals surface area (Å²) in [5.74, 6) is 1.50. The van der Waals surface area contributed by atoms with Crippen molar-refractivity contribution in [2.45, 2.75) is 39.5 Å². The van der Waals surface area contributed by atoms with Crippen LogP contribution in [-0.2, 0) is 4.79 Å². The number of para-hydroxylation sites is 1. The topological polar surface area (TPSA) is 70.7 Å². The fourth-order valence-electron chi connectivity index (χ4n) is 3.39. The van der Waals surface area contributed by atoms with Crippen LogP contribution in [0.2, 0.25) is 0 Å². The number of unbranched alkanes of at least 4 members (excludes halogenated alkanes) is 1. The second-order valence-corrected chi connectivity index (χ2v) is 8.16. The van der Waals surface area contributed by atoms with E-state index in [4.69, 9.17) is 4.74 Å². The molecule has 0 saturated heterocycles. The Morgan fingerprint density at radius 1 is 0.853 bits per heavy atom. The van der Waals surface area contributed by atoms with Crippen molar-refractivity contribution in [3.05, 3.63) is 84.4 Å². The van der Waals surface area contributed by atoms with E-state index in [2.05, 4.69) is 17.6 Å². The van der Waals surface area contributed by atoms with E-state index in [0.717, 1.165) is 35.5 Å². The summed E-state index contributed by atoms with van der Waals surface area (Å²) in [6.07, 6.45) is 3.05. The first kappa shape index (κ1) is 24.8. The van der Waals surface area contributed by atoms with Gasteiger partial charge in [0.05, 0.1) is 0 Å². The fourth-order valence-corrected chi connectivity index (χ4v) is 3.39. The maximum Gasteiger partial charge on any atom is 0.326 e. The maximum absolute atomic E-state index is 13.1. The molecule has 0 aliphatic carbocycles. The van der Waals surface area contributed by atoms with Crippen LogP contribution in [0.3, 0.4) is 0 Å². The lowest BCUT2D eigenvalue weighted by atomic mass is 10.2. The molecule has 0 bridgehead atoms. The predicted octanol–water partition coefficient (Wildman–Crippen LogP) is 6.52. The number of amides is 3. The summed E-state index contributed by atoms with van der Waals surface area (Å²) in [7, 11) is 0. The molecule has 34 heavy (non-hydrogen) atoms. The van der Waals surface area contributed by atoms with Crippen LogP contribution < -0.4 is 20.3 Å². The summed E-state index contributed by atoms with van der Waals surface area (Å²) in [5.41, 5.74) is 2.61. The van der Waals surface area contributed by atoms with Gasteiger partial charge in [0.2, 0.25) is 5.91 Å². The fraction of sp³-hybridized carbons (Fsp3) is 0.286. The van der Waals surface area contributed by atoms with Gasteiger partial charge < -0.3 is 15.4 Å². The van der Waals surface area contributed by atoms with Crippen molar-refractivity contribution in [1.29, 1.82) is 0 Å². The number of carbonyl (C=O) groups is 2. The lowest BCUT2D eigenvalue weighted by molar-refractivity contribution is -0.121. The Labute approximate surface area is 201 Å². The number of aryl methyl sites for hydroxylation is 1. The molecule has 0 fully saturated rings. The number of nitrogens with one attached hydrogen (secondary N) is 2. The Morgan fingerprint density at radius 2 is 1.53 bits per heavy atom. The van der Waals surface area contributed by atoms with Gasteiger partial charge >= 0.3 is 6.03 Å². The average molecular weight is 460 g/mol. The quantitative estimate of drug-likeness (QED) is 0.321. The molecular formula is C28H33N3O3. The van der Waals surface area contributed by atoms with Crippen molar-refractivity contribution >= 4 is 23.3 Å². The number of hydrogen-bond donors (Lipinski definition) is 2. The molecule has 3 amide bonds. The molecule has 178 valence electrons. The molecule has 0 aliphatic heterocycles. The highest BCUT2D eigenvalue weighted by Crippen LogP contribution is 2.25. The standard InChI is InChI=1S/C28H33N3O3/c1-3-4-11-27(32)29-20-8-21-31(28(33)30-23-14-12-22(2)13-15-23)24-16-18-26(19-17-24)34-25-9-6-5-7-10-25/h5-7,9-10,12-19H,3-4,8,11,20-21H2,1-2H3,(H,29,32)(H,30,33). The molecule has 0 heterocycles. The van der Waals surface area contributed by atoms with E-state index in [1.165, 1.54) is 0 Å². The third kappa shape index (κ3) is 7.96. The van der Waals surface area contributed by atoms with Crippen molar-refractivity contribution in [2.24, 2.45) is 0 Å². The highest BCUT2D eigenvalue weighted by atomic mass is 16.5. The first-order valence-corrected chi connectivity index (χ1v) is 11.8. The molecular weight excluding hydrogens is 426 g/mol. The van der Waals surface area contributed by atoms with E-state index in [1.54, 1.807) is 4.90 Å². The Balaban J connectivity index is 1.66. The number of ether oxygens (including phenoxy) is 1. The number of carbonyl (C=O) groups excluding carboxylic acids is 2. The molecule has 6 heteroatoms.